The zero-order valence-corrected chi connectivity index (χ0v) is 11.5. The molecule has 108 valence electrons. The number of hydrogen-bond donors (Lipinski definition) is 1. The van der Waals surface area contributed by atoms with Gasteiger partial charge < -0.3 is 9.73 Å². The lowest BCUT2D eigenvalue weighted by Crippen LogP contribution is -2.31. The molecular weight excluding hydrogens is 260 g/mol. The molecule has 0 radical (unpaired) electrons. The SMILES string of the molecule is CCNC(CCc1ccco1)Cc1cccc(F)c1F. The van der Waals surface area contributed by atoms with E-state index in [2.05, 4.69) is 5.32 Å². The minimum absolute atomic E-state index is 0.0985. The highest BCUT2D eigenvalue weighted by Crippen LogP contribution is 2.15. The summed E-state index contributed by atoms with van der Waals surface area (Å²) in [6, 6.07) is 8.19. The summed E-state index contributed by atoms with van der Waals surface area (Å²) in [6.07, 6.45) is 3.71. The van der Waals surface area contributed by atoms with Gasteiger partial charge in [-0.15, -0.1) is 0 Å². The van der Waals surface area contributed by atoms with E-state index in [0.717, 1.165) is 31.2 Å². The average molecular weight is 279 g/mol. The number of hydrogen-bond acceptors (Lipinski definition) is 2. The summed E-state index contributed by atoms with van der Waals surface area (Å²) in [5.41, 5.74) is 0.412. The van der Waals surface area contributed by atoms with Gasteiger partial charge in [-0.3, -0.25) is 0 Å². The monoisotopic (exact) mass is 279 g/mol. The molecule has 1 unspecified atom stereocenters. The van der Waals surface area contributed by atoms with Gasteiger partial charge in [-0.05, 0) is 43.1 Å². The van der Waals surface area contributed by atoms with Crippen molar-refractivity contribution < 1.29 is 13.2 Å². The van der Waals surface area contributed by atoms with Crippen LogP contribution in [-0.2, 0) is 12.8 Å². The lowest BCUT2D eigenvalue weighted by atomic mass is 10.0. The topological polar surface area (TPSA) is 25.2 Å². The summed E-state index contributed by atoms with van der Waals surface area (Å²) >= 11 is 0. The van der Waals surface area contributed by atoms with Crippen LogP contribution in [0.1, 0.15) is 24.7 Å². The molecule has 0 aliphatic carbocycles. The van der Waals surface area contributed by atoms with Crippen LogP contribution in [0, 0.1) is 11.6 Å². The van der Waals surface area contributed by atoms with E-state index in [1.165, 1.54) is 0 Å². The van der Waals surface area contributed by atoms with Crippen molar-refractivity contribution in [1.82, 2.24) is 5.32 Å². The molecule has 0 fully saturated rings. The smallest absolute Gasteiger partial charge is 0.162 e. The van der Waals surface area contributed by atoms with Crippen LogP contribution >= 0.6 is 0 Å². The molecule has 1 atom stereocenters. The Bertz CT molecular complexity index is 525. The third-order valence-corrected chi connectivity index (χ3v) is 3.31. The quantitative estimate of drug-likeness (QED) is 0.835. The van der Waals surface area contributed by atoms with Crippen LogP contribution in [0.5, 0.6) is 0 Å². The van der Waals surface area contributed by atoms with Crippen molar-refractivity contribution in [2.45, 2.75) is 32.2 Å². The molecule has 0 spiro atoms. The van der Waals surface area contributed by atoms with Crippen molar-refractivity contribution in [2.24, 2.45) is 0 Å². The van der Waals surface area contributed by atoms with E-state index in [1.807, 2.05) is 19.1 Å². The van der Waals surface area contributed by atoms with Crippen LogP contribution in [0.4, 0.5) is 8.78 Å². The van der Waals surface area contributed by atoms with Crippen molar-refractivity contribution in [3.05, 3.63) is 59.6 Å². The molecular formula is C16H19F2NO. The predicted octanol–water partition coefficient (Wildman–Crippen LogP) is 3.71. The maximum atomic E-state index is 13.7. The van der Waals surface area contributed by atoms with Gasteiger partial charge in [0, 0.05) is 12.5 Å². The number of nitrogens with one attached hydrogen (secondary N) is 1. The van der Waals surface area contributed by atoms with Gasteiger partial charge in [0.1, 0.15) is 5.76 Å². The lowest BCUT2D eigenvalue weighted by molar-refractivity contribution is 0.437. The third-order valence-electron chi connectivity index (χ3n) is 3.31. The number of aryl methyl sites for hydroxylation is 1. The van der Waals surface area contributed by atoms with Crippen LogP contribution in [-0.4, -0.2) is 12.6 Å². The highest BCUT2D eigenvalue weighted by atomic mass is 19.2. The van der Waals surface area contributed by atoms with Crippen molar-refractivity contribution in [3.8, 4) is 0 Å². The Hall–Kier alpha value is -1.68. The van der Waals surface area contributed by atoms with Gasteiger partial charge in [-0.25, -0.2) is 8.78 Å². The van der Waals surface area contributed by atoms with Gasteiger partial charge in [0.2, 0.25) is 0 Å². The first-order valence-corrected chi connectivity index (χ1v) is 6.89. The predicted molar refractivity (Wildman–Crippen MR) is 74.6 cm³/mol. The number of halogens is 2. The summed E-state index contributed by atoms with van der Waals surface area (Å²) in [4.78, 5) is 0. The fraction of sp³-hybridized carbons (Fsp3) is 0.375. The Balaban J connectivity index is 1.99. The van der Waals surface area contributed by atoms with Crippen LogP contribution < -0.4 is 5.32 Å². The van der Waals surface area contributed by atoms with Gasteiger partial charge in [-0.2, -0.15) is 0 Å². The first-order chi connectivity index (χ1) is 9.70. The summed E-state index contributed by atoms with van der Waals surface area (Å²) < 4.78 is 32.2. The van der Waals surface area contributed by atoms with Crippen molar-refractivity contribution in [2.75, 3.05) is 6.54 Å². The van der Waals surface area contributed by atoms with Crippen molar-refractivity contribution in [3.63, 3.8) is 0 Å². The lowest BCUT2D eigenvalue weighted by Gasteiger charge is -2.18. The van der Waals surface area contributed by atoms with E-state index in [4.69, 9.17) is 4.42 Å². The van der Waals surface area contributed by atoms with Gasteiger partial charge in [0.25, 0.3) is 0 Å². The van der Waals surface area contributed by atoms with Gasteiger partial charge in [0.05, 0.1) is 6.26 Å². The Morgan fingerprint density at radius 2 is 2.05 bits per heavy atom. The van der Waals surface area contributed by atoms with Crippen LogP contribution in [0.15, 0.2) is 41.0 Å². The maximum Gasteiger partial charge on any atom is 0.162 e. The van der Waals surface area contributed by atoms with Gasteiger partial charge >= 0.3 is 0 Å². The molecule has 2 nitrogen and oxygen atoms in total. The van der Waals surface area contributed by atoms with E-state index in [1.54, 1.807) is 18.4 Å². The molecule has 0 saturated carbocycles. The number of likely N-dealkylation sites (N-methyl/N-ethyl adjacent to an activating group) is 1. The second-order valence-electron chi connectivity index (χ2n) is 4.79. The summed E-state index contributed by atoms with van der Waals surface area (Å²) in [6.45, 7) is 2.79. The molecule has 2 rings (SSSR count). The van der Waals surface area contributed by atoms with Crippen LogP contribution in [0.2, 0.25) is 0 Å². The second-order valence-corrected chi connectivity index (χ2v) is 4.79. The normalized spacial score (nSPS) is 12.6. The second kappa shape index (κ2) is 7.20. The minimum atomic E-state index is -0.788. The Labute approximate surface area is 117 Å². The summed E-state index contributed by atoms with van der Waals surface area (Å²) in [5.74, 6) is -0.621. The Morgan fingerprint density at radius 1 is 1.20 bits per heavy atom. The molecule has 0 bridgehead atoms. The van der Waals surface area contributed by atoms with Crippen LogP contribution in [0.25, 0.3) is 0 Å². The van der Waals surface area contributed by atoms with E-state index in [0.29, 0.717) is 12.0 Å². The molecule has 1 aromatic heterocycles. The summed E-state index contributed by atoms with van der Waals surface area (Å²) in [7, 11) is 0. The Morgan fingerprint density at radius 3 is 2.75 bits per heavy atom. The first kappa shape index (κ1) is 14.7. The molecule has 0 aliphatic rings. The molecule has 20 heavy (non-hydrogen) atoms. The molecule has 1 aromatic carbocycles. The van der Waals surface area contributed by atoms with E-state index >= 15 is 0 Å². The minimum Gasteiger partial charge on any atom is -0.469 e. The Kier molecular flexibility index (Phi) is 5.30. The average Bonchev–Trinajstić information content (AvgIpc) is 2.94. The molecule has 0 amide bonds. The molecule has 0 saturated heterocycles. The van der Waals surface area contributed by atoms with Crippen molar-refractivity contribution in [1.29, 1.82) is 0 Å². The van der Waals surface area contributed by atoms with E-state index < -0.39 is 11.6 Å². The molecule has 1 N–H and O–H groups in total. The zero-order valence-electron chi connectivity index (χ0n) is 11.5. The van der Waals surface area contributed by atoms with E-state index in [9.17, 15) is 8.78 Å². The summed E-state index contributed by atoms with van der Waals surface area (Å²) in [5, 5.41) is 3.31. The standard InChI is InChI=1S/C16H19F2NO/c1-2-19-13(8-9-14-6-4-10-20-14)11-12-5-3-7-15(17)16(12)18/h3-7,10,13,19H,2,8-9,11H2,1H3. The maximum absolute atomic E-state index is 13.7. The number of benzene rings is 1. The first-order valence-electron chi connectivity index (χ1n) is 6.89. The van der Waals surface area contributed by atoms with Crippen LogP contribution in [0.3, 0.4) is 0 Å². The molecule has 4 heteroatoms. The number of furan rings is 1. The highest BCUT2D eigenvalue weighted by molar-refractivity contribution is 5.20. The van der Waals surface area contributed by atoms with E-state index in [-0.39, 0.29) is 6.04 Å². The third kappa shape index (κ3) is 3.90. The highest BCUT2D eigenvalue weighted by Gasteiger charge is 2.14. The molecule has 0 aliphatic heterocycles. The zero-order chi connectivity index (χ0) is 14.4. The van der Waals surface area contributed by atoms with Crippen molar-refractivity contribution >= 4 is 0 Å². The van der Waals surface area contributed by atoms with Gasteiger partial charge in [0.15, 0.2) is 11.6 Å². The fourth-order valence-electron chi connectivity index (χ4n) is 2.31. The largest absolute Gasteiger partial charge is 0.469 e. The number of rotatable bonds is 7. The van der Waals surface area contributed by atoms with Gasteiger partial charge in [-0.1, -0.05) is 19.1 Å². The molecule has 2 aromatic rings. The fourth-order valence-corrected chi connectivity index (χ4v) is 2.31. The molecule has 1 heterocycles.